The van der Waals surface area contributed by atoms with Crippen LogP contribution in [0.5, 0.6) is 0 Å². The maximum atomic E-state index is 13.1. The first kappa shape index (κ1) is 15.6. The fourth-order valence-corrected chi connectivity index (χ4v) is 3.16. The highest BCUT2D eigenvalue weighted by Gasteiger charge is 2.23. The van der Waals surface area contributed by atoms with Crippen molar-refractivity contribution < 1.29 is 9.18 Å². The summed E-state index contributed by atoms with van der Waals surface area (Å²) in [6.07, 6.45) is 6.24. The molecule has 1 amide bonds. The lowest BCUT2D eigenvalue weighted by molar-refractivity contribution is -0.130. The quantitative estimate of drug-likeness (QED) is 0.875. The predicted octanol–water partition coefficient (Wildman–Crippen LogP) is 3.08. The normalized spacial score (nSPS) is 18.0. The number of piperidine rings is 1. The summed E-state index contributed by atoms with van der Waals surface area (Å²) < 4.78 is 13.1. The molecule has 1 atom stereocenters. The number of hydrogen-bond acceptors (Lipinski definition) is 3. The van der Waals surface area contributed by atoms with E-state index in [4.69, 9.17) is 0 Å². The van der Waals surface area contributed by atoms with Crippen LogP contribution in [0.25, 0.3) is 11.3 Å². The zero-order valence-corrected chi connectivity index (χ0v) is 13.2. The van der Waals surface area contributed by atoms with Crippen LogP contribution in [0.2, 0.25) is 0 Å². The van der Waals surface area contributed by atoms with Crippen LogP contribution in [0.4, 0.5) is 4.39 Å². The Morgan fingerprint density at radius 3 is 2.74 bits per heavy atom. The Kier molecular flexibility index (Phi) is 4.65. The maximum Gasteiger partial charge on any atom is 0.219 e. The van der Waals surface area contributed by atoms with E-state index in [2.05, 4.69) is 9.97 Å². The van der Waals surface area contributed by atoms with E-state index in [1.807, 2.05) is 4.90 Å². The topological polar surface area (TPSA) is 46.1 Å². The van der Waals surface area contributed by atoms with Crippen LogP contribution in [-0.4, -0.2) is 33.9 Å². The maximum absolute atomic E-state index is 13.1. The lowest BCUT2D eigenvalue weighted by atomic mass is 9.91. The zero-order chi connectivity index (χ0) is 16.2. The molecule has 0 aliphatic carbocycles. The van der Waals surface area contributed by atoms with E-state index >= 15 is 0 Å². The second kappa shape index (κ2) is 6.86. The minimum absolute atomic E-state index is 0.132. The summed E-state index contributed by atoms with van der Waals surface area (Å²) >= 11 is 0. The van der Waals surface area contributed by atoms with Crippen molar-refractivity contribution in [2.45, 2.75) is 26.2 Å². The Morgan fingerprint density at radius 2 is 2.00 bits per heavy atom. The third-order valence-corrected chi connectivity index (χ3v) is 4.34. The van der Waals surface area contributed by atoms with E-state index in [9.17, 15) is 9.18 Å². The Morgan fingerprint density at radius 1 is 1.26 bits per heavy atom. The summed E-state index contributed by atoms with van der Waals surface area (Å²) in [5.41, 5.74) is 2.58. The standard InChI is InChI=1S/C18H20FN3O/c1-13(23)22-10-2-3-14(12-22)11-17-18(21-9-8-20-17)15-4-6-16(19)7-5-15/h4-9,14H,2-3,10-12H2,1H3. The molecule has 23 heavy (non-hydrogen) atoms. The number of carbonyl (C=O) groups is 1. The molecular weight excluding hydrogens is 293 g/mol. The minimum atomic E-state index is -0.261. The molecule has 1 unspecified atom stereocenters. The van der Waals surface area contributed by atoms with E-state index in [1.54, 1.807) is 31.5 Å². The number of benzene rings is 1. The van der Waals surface area contributed by atoms with Crippen molar-refractivity contribution >= 4 is 5.91 Å². The highest BCUT2D eigenvalue weighted by molar-refractivity contribution is 5.73. The molecule has 1 aromatic heterocycles. The molecule has 0 bridgehead atoms. The lowest BCUT2D eigenvalue weighted by Crippen LogP contribution is -2.39. The number of halogens is 1. The molecule has 1 saturated heterocycles. The van der Waals surface area contributed by atoms with Crippen LogP contribution in [0, 0.1) is 11.7 Å². The van der Waals surface area contributed by atoms with Crippen molar-refractivity contribution in [3.05, 3.63) is 48.2 Å². The number of aromatic nitrogens is 2. The third kappa shape index (κ3) is 3.73. The molecule has 1 aliphatic rings. The van der Waals surface area contributed by atoms with Gasteiger partial charge in [-0.25, -0.2) is 4.39 Å². The van der Waals surface area contributed by atoms with Gasteiger partial charge in [0, 0.05) is 38.0 Å². The molecule has 0 saturated carbocycles. The molecule has 120 valence electrons. The zero-order valence-electron chi connectivity index (χ0n) is 13.2. The van der Waals surface area contributed by atoms with Gasteiger partial charge in [-0.3, -0.25) is 14.8 Å². The number of rotatable bonds is 3. The highest BCUT2D eigenvalue weighted by Crippen LogP contribution is 2.25. The molecule has 2 aromatic rings. The van der Waals surface area contributed by atoms with Gasteiger partial charge in [-0.1, -0.05) is 0 Å². The molecule has 0 radical (unpaired) electrons. The van der Waals surface area contributed by atoms with E-state index < -0.39 is 0 Å². The van der Waals surface area contributed by atoms with Gasteiger partial charge in [0.25, 0.3) is 0 Å². The van der Waals surface area contributed by atoms with Gasteiger partial charge >= 0.3 is 0 Å². The van der Waals surface area contributed by atoms with Crippen LogP contribution in [0.1, 0.15) is 25.5 Å². The number of carbonyl (C=O) groups excluding carboxylic acids is 1. The SMILES string of the molecule is CC(=O)N1CCCC(Cc2nccnc2-c2ccc(F)cc2)C1. The molecule has 4 nitrogen and oxygen atoms in total. The Hall–Kier alpha value is -2.30. The fourth-order valence-electron chi connectivity index (χ4n) is 3.16. The van der Waals surface area contributed by atoms with Crippen molar-refractivity contribution in [2.24, 2.45) is 5.92 Å². The average molecular weight is 313 g/mol. The molecule has 0 N–H and O–H groups in total. The van der Waals surface area contributed by atoms with Crippen molar-refractivity contribution in [1.82, 2.24) is 14.9 Å². The molecule has 5 heteroatoms. The van der Waals surface area contributed by atoms with Crippen molar-refractivity contribution in [1.29, 1.82) is 0 Å². The van der Waals surface area contributed by atoms with Gasteiger partial charge in [0.1, 0.15) is 5.82 Å². The third-order valence-electron chi connectivity index (χ3n) is 4.34. The second-order valence-electron chi connectivity index (χ2n) is 6.04. The van der Waals surface area contributed by atoms with Gasteiger partial charge in [0.05, 0.1) is 11.4 Å². The van der Waals surface area contributed by atoms with Crippen LogP contribution >= 0.6 is 0 Å². The van der Waals surface area contributed by atoms with Gasteiger partial charge in [0.2, 0.25) is 5.91 Å². The van der Waals surface area contributed by atoms with Crippen molar-refractivity contribution in [3.8, 4) is 11.3 Å². The van der Waals surface area contributed by atoms with Crippen LogP contribution in [0.15, 0.2) is 36.7 Å². The molecule has 0 spiro atoms. The van der Waals surface area contributed by atoms with E-state index in [-0.39, 0.29) is 11.7 Å². The number of amides is 1. The highest BCUT2D eigenvalue weighted by atomic mass is 19.1. The summed E-state index contributed by atoms with van der Waals surface area (Å²) in [6.45, 7) is 3.24. The molecule has 1 fully saturated rings. The summed E-state index contributed by atoms with van der Waals surface area (Å²) in [7, 11) is 0. The molecule has 1 aliphatic heterocycles. The first-order valence-electron chi connectivity index (χ1n) is 7.95. The van der Waals surface area contributed by atoms with Gasteiger partial charge in [-0.05, 0) is 49.4 Å². The molecular formula is C18H20FN3O. The van der Waals surface area contributed by atoms with Gasteiger partial charge < -0.3 is 4.90 Å². The first-order valence-corrected chi connectivity index (χ1v) is 7.95. The predicted molar refractivity (Wildman–Crippen MR) is 86.1 cm³/mol. The summed E-state index contributed by atoms with van der Waals surface area (Å²) in [5, 5.41) is 0. The first-order chi connectivity index (χ1) is 11.1. The second-order valence-corrected chi connectivity index (χ2v) is 6.04. The van der Waals surface area contributed by atoms with Crippen LogP contribution in [-0.2, 0) is 11.2 Å². The molecule has 2 heterocycles. The van der Waals surface area contributed by atoms with E-state index in [0.717, 1.165) is 49.3 Å². The minimum Gasteiger partial charge on any atom is -0.343 e. The lowest BCUT2D eigenvalue weighted by Gasteiger charge is -2.32. The number of likely N-dealkylation sites (tertiary alicyclic amines) is 1. The summed E-state index contributed by atoms with van der Waals surface area (Å²) in [4.78, 5) is 22.4. The Bertz CT molecular complexity index is 687. The Balaban J connectivity index is 1.80. The van der Waals surface area contributed by atoms with Gasteiger partial charge in [-0.15, -0.1) is 0 Å². The van der Waals surface area contributed by atoms with Crippen molar-refractivity contribution in [2.75, 3.05) is 13.1 Å². The van der Waals surface area contributed by atoms with Gasteiger partial charge in [0.15, 0.2) is 0 Å². The molecule has 3 rings (SSSR count). The molecule has 1 aromatic carbocycles. The number of hydrogen-bond donors (Lipinski definition) is 0. The van der Waals surface area contributed by atoms with E-state index in [1.165, 1.54) is 12.1 Å². The smallest absolute Gasteiger partial charge is 0.219 e. The Labute approximate surface area is 135 Å². The van der Waals surface area contributed by atoms with Crippen molar-refractivity contribution in [3.63, 3.8) is 0 Å². The summed E-state index contributed by atoms with van der Waals surface area (Å²) in [5.74, 6) is 0.264. The van der Waals surface area contributed by atoms with Gasteiger partial charge in [-0.2, -0.15) is 0 Å². The van der Waals surface area contributed by atoms with Crippen LogP contribution < -0.4 is 0 Å². The van der Waals surface area contributed by atoms with Crippen LogP contribution in [0.3, 0.4) is 0 Å². The number of nitrogens with zero attached hydrogens (tertiary/aromatic N) is 3. The summed E-state index contributed by atoms with van der Waals surface area (Å²) in [6, 6.07) is 6.33. The monoisotopic (exact) mass is 313 g/mol. The fraction of sp³-hybridized carbons (Fsp3) is 0.389. The average Bonchev–Trinajstić information content (AvgIpc) is 2.56. The van der Waals surface area contributed by atoms with E-state index in [0.29, 0.717) is 5.92 Å². The largest absolute Gasteiger partial charge is 0.343 e.